The third-order valence-electron chi connectivity index (χ3n) is 11.7. The normalized spacial score (nSPS) is 44.8. The average molecular weight is 468 g/mol. The van der Waals surface area contributed by atoms with E-state index in [2.05, 4.69) is 45.1 Å². The van der Waals surface area contributed by atoms with Gasteiger partial charge in [0, 0.05) is 0 Å². The minimum absolute atomic E-state index is 0.0551. The van der Waals surface area contributed by atoms with Gasteiger partial charge in [-0.3, -0.25) is 4.79 Å². The van der Waals surface area contributed by atoms with Gasteiger partial charge in [-0.15, -0.1) is 0 Å². The smallest absolute Gasteiger partial charge is 0.275 e. The Bertz CT molecular complexity index is 874. The second-order valence-electron chi connectivity index (χ2n) is 13.8. The van der Waals surface area contributed by atoms with Crippen LogP contribution in [0.1, 0.15) is 112 Å². The number of carbonyl (C=O) groups is 1. The van der Waals surface area contributed by atoms with Crippen molar-refractivity contribution in [1.82, 2.24) is 5.43 Å². The van der Waals surface area contributed by atoms with Gasteiger partial charge in [0.2, 0.25) is 0 Å². The van der Waals surface area contributed by atoms with Crippen LogP contribution >= 0.6 is 0 Å². The molecule has 0 aromatic heterocycles. The van der Waals surface area contributed by atoms with Gasteiger partial charge in [0.1, 0.15) is 0 Å². The lowest BCUT2D eigenvalue weighted by molar-refractivity contribution is -0.117. The van der Waals surface area contributed by atoms with Crippen LogP contribution in [0, 0.1) is 52.3 Å². The molecule has 1 heterocycles. The number of carbonyl (C=O) groups excluding carboxylic acids is 1. The van der Waals surface area contributed by atoms with Gasteiger partial charge in [-0.1, -0.05) is 66.7 Å². The summed E-state index contributed by atoms with van der Waals surface area (Å²) in [6.07, 6.45) is 16.0. The first-order valence-corrected chi connectivity index (χ1v) is 14.5. The Kier molecular flexibility index (Phi) is 6.43. The van der Waals surface area contributed by atoms with E-state index in [1.54, 1.807) is 0 Å². The van der Waals surface area contributed by atoms with E-state index < -0.39 is 0 Å². The molecule has 5 aliphatic rings. The van der Waals surface area contributed by atoms with Crippen molar-refractivity contribution < 1.29 is 4.79 Å². The number of rotatable bonds is 5. The Morgan fingerprint density at radius 1 is 1.00 bits per heavy atom. The predicted molar refractivity (Wildman–Crippen MR) is 140 cm³/mol. The van der Waals surface area contributed by atoms with Gasteiger partial charge in [-0.2, -0.15) is 5.10 Å². The first-order chi connectivity index (χ1) is 16.2. The van der Waals surface area contributed by atoms with Crippen molar-refractivity contribution in [3.05, 3.63) is 11.1 Å². The Balaban J connectivity index is 1.45. The lowest BCUT2D eigenvalue weighted by Gasteiger charge is -2.61. The van der Waals surface area contributed by atoms with Crippen molar-refractivity contribution in [1.29, 1.82) is 0 Å². The molecule has 0 aromatic carbocycles. The fourth-order valence-electron chi connectivity index (χ4n) is 10.1. The zero-order chi connectivity index (χ0) is 24.3. The SMILES string of the molecule is CC(C)CCC[C@@H](C)[C@H]1CC[C@H]2[C@@H]3C/C(=C4\C(=O)NN=C4N)C4CCCC[C@]4(C)[C@H]3CC[C@]12C. The number of hydrogen-bond acceptors (Lipinski definition) is 3. The Morgan fingerprint density at radius 2 is 1.76 bits per heavy atom. The molecule has 0 radical (unpaired) electrons. The van der Waals surface area contributed by atoms with Crippen molar-refractivity contribution in [3.8, 4) is 0 Å². The summed E-state index contributed by atoms with van der Waals surface area (Å²) in [6.45, 7) is 12.5. The number of nitrogens with two attached hydrogens (primary N) is 1. The minimum atomic E-state index is -0.0551. The Labute approximate surface area is 208 Å². The fraction of sp³-hybridized carbons (Fsp3) is 0.867. The third-order valence-corrected chi connectivity index (χ3v) is 11.7. The van der Waals surface area contributed by atoms with Gasteiger partial charge in [0.15, 0.2) is 5.84 Å². The van der Waals surface area contributed by atoms with Crippen molar-refractivity contribution >= 4 is 11.7 Å². The van der Waals surface area contributed by atoms with Crippen LogP contribution in [-0.4, -0.2) is 11.7 Å². The van der Waals surface area contributed by atoms with Crippen LogP contribution in [-0.2, 0) is 4.79 Å². The van der Waals surface area contributed by atoms with E-state index in [0.29, 0.717) is 28.5 Å². The molecule has 4 saturated carbocycles. The molecule has 190 valence electrons. The second-order valence-corrected chi connectivity index (χ2v) is 13.8. The van der Waals surface area contributed by atoms with E-state index >= 15 is 0 Å². The molecule has 4 fully saturated rings. The van der Waals surface area contributed by atoms with Crippen LogP contribution in [0.3, 0.4) is 0 Å². The molecular weight excluding hydrogens is 418 g/mol. The number of nitrogens with one attached hydrogen (secondary N) is 1. The molecule has 1 unspecified atom stereocenters. The van der Waals surface area contributed by atoms with Crippen LogP contribution < -0.4 is 11.2 Å². The van der Waals surface area contributed by atoms with Crippen molar-refractivity contribution in [3.63, 3.8) is 0 Å². The first-order valence-electron chi connectivity index (χ1n) is 14.5. The summed E-state index contributed by atoms with van der Waals surface area (Å²) in [6, 6.07) is 0. The largest absolute Gasteiger partial charge is 0.382 e. The first kappa shape index (κ1) is 24.4. The van der Waals surface area contributed by atoms with Gasteiger partial charge in [-0.25, -0.2) is 5.43 Å². The highest BCUT2D eigenvalue weighted by Gasteiger charge is 2.61. The molecule has 0 bridgehead atoms. The number of amides is 1. The Hall–Kier alpha value is -1.32. The maximum absolute atomic E-state index is 12.8. The molecule has 4 aliphatic carbocycles. The zero-order valence-electron chi connectivity index (χ0n) is 22.5. The van der Waals surface area contributed by atoms with Crippen molar-refractivity contribution in [2.24, 2.45) is 63.1 Å². The average Bonchev–Trinajstić information content (AvgIpc) is 3.31. The summed E-state index contributed by atoms with van der Waals surface area (Å²) in [5, 5.41) is 4.13. The quantitative estimate of drug-likeness (QED) is 0.436. The topological polar surface area (TPSA) is 67.5 Å². The summed E-state index contributed by atoms with van der Waals surface area (Å²) >= 11 is 0. The molecule has 34 heavy (non-hydrogen) atoms. The molecule has 1 aliphatic heterocycles. The van der Waals surface area contributed by atoms with E-state index in [-0.39, 0.29) is 5.91 Å². The van der Waals surface area contributed by atoms with Gasteiger partial charge in [0.25, 0.3) is 5.91 Å². The molecular formula is C30H49N3O. The van der Waals surface area contributed by atoms with Crippen molar-refractivity contribution in [2.45, 2.75) is 112 Å². The number of nitrogens with zero attached hydrogens (tertiary/aromatic N) is 1. The van der Waals surface area contributed by atoms with E-state index in [9.17, 15) is 4.79 Å². The van der Waals surface area contributed by atoms with E-state index in [1.165, 1.54) is 76.2 Å². The lowest BCUT2D eigenvalue weighted by atomic mass is 9.43. The standard InChI is InChI=1S/C30H49N3O/c1-18(2)9-8-10-19(3)22-12-13-24-20-17-21(26-27(31)32-33-28(26)34)23-11-6-7-15-29(23,4)25(20)14-16-30(22,24)5/h18-20,22-25H,6-17H2,1-5H3,(H2,31,32)(H,33,34)/b26-21+/t19-,20+,22-,23?,24+,25+,29+,30-/m1/s1. The molecule has 3 N–H and O–H groups in total. The molecule has 0 saturated heterocycles. The predicted octanol–water partition coefficient (Wildman–Crippen LogP) is 6.81. The van der Waals surface area contributed by atoms with Crippen LogP contribution in [0.4, 0.5) is 0 Å². The van der Waals surface area contributed by atoms with Crippen molar-refractivity contribution in [2.75, 3.05) is 0 Å². The van der Waals surface area contributed by atoms with Gasteiger partial charge in [-0.05, 0) is 103 Å². The molecule has 5 rings (SSSR count). The molecule has 1 amide bonds. The second kappa shape index (κ2) is 8.96. The Morgan fingerprint density at radius 3 is 2.47 bits per heavy atom. The fourth-order valence-corrected chi connectivity index (χ4v) is 10.1. The van der Waals surface area contributed by atoms with Crippen LogP contribution in [0.15, 0.2) is 16.2 Å². The number of hydrazone groups is 1. The monoisotopic (exact) mass is 467 g/mol. The summed E-state index contributed by atoms with van der Waals surface area (Å²) in [4.78, 5) is 12.8. The summed E-state index contributed by atoms with van der Waals surface area (Å²) in [5.41, 5.74) is 11.9. The number of allylic oxidation sites excluding steroid dienone is 1. The zero-order valence-corrected chi connectivity index (χ0v) is 22.5. The van der Waals surface area contributed by atoms with Crippen LogP contribution in [0.25, 0.3) is 0 Å². The van der Waals surface area contributed by atoms with Crippen LogP contribution in [0.2, 0.25) is 0 Å². The lowest BCUT2D eigenvalue weighted by Crippen LogP contribution is -2.54. The molecule has 4 nitrogen and oxygen atoms in total. The summed E-state index contributed by atoms with van der Waals surface area (Å²) < 4.78 is 0. The maximum Gasteiger partial charge on any atom is 0.275 e. The van der Waals surface area contributed by atoms with E-state index in [0.717, 1.165) is 41.6 Å². The summed E-state index contributed by atoms with van der Waals surface area (Å²) in [7, 11) is 0. The highest BCUT2D eigenvalue weighted by atomic mass is 16.2. The molecule has 8 atom stereocenters. The highest BCUT2D eigenvalue weighted by molar-refractivity contribution is 6.23. The minimum Gasteiger partial charge on any atom is -0.382 e. The van der Waals surface area contributed by atoms with Crippen LogP contribution in [0.5, 0.6) is 0 Å². The number of hydrogen-bond donors (Lipinski definition) is 2. The van der Waals surface area contributed by atoms with E-state index in [1.807, 2.05) is 0 Å². The molecule has 0 aromatic rings. The van der Waals surface area contributed by atoms with Gasteiger partial charge >= 0.3 is 0 Å². The summed E-state index contributed by atoms with van der Waals surface area (Å²) in [5.74, 6) is 5.69. The maximum atomic E-state index is 12.8. The highest BCUT2D eigenvalue weighted by Crippen LogP contribution is 2.69. The van der Waals surface area contributed by atoms with Gasteiger partial charge in [0.05, 0.1) is 5.57 Å². The van der Waals surface area contributed by atoms with Gasteiger partial charge < -0.3 is 5.73 Å². The molecule has 4 heteroatoms. The third kappa shape index (κ3) is 3.77. The molecule has 0 spiro atoms. The van der Waals surface area contributed by atoms with E-state index in [4.69, 9.17) is 5.73 Å². The number of amidine groups is 1. The number of fused-ring (bicyclic) bond motifs is 5.